The Morgan fingerprint density at radius 1 is 1.09 bits per heavy atom. The molecular formula is C19H17ClN2O. The summed E-state index contributed by atoms with van der Waals surface area (Å²) in [5.74, 6) is 0. The summed E-state index contributed by atoms with van der Waals surface area (Å²) in [6, 6.07) is 15.1. The summed E-state index contributed by atoms with van der Waals surface area (Å²) in [7, 11) is 0. The molecule has 0 aliphatic heterocycles. The van der Waals surface area contributed by atoms with E-state index >= 15 is 0 Å². The van der Waals surface area contributed by atoms with Crippen LogP contribution in [-0.2, 0) is 6.54 Å². The van der Waals surface area contributed by atoms with Gasteiger partial charge in [0.15, 0.2) is 0 Å². The van der Waals surface area contributed by atoms with Crippen molar-refractivity contribution < 1.29 is 0 Å². The van der Waals surface area contributed by atoms with Gasteiger partial charge >= 0.3 is 0 Å². The Hall–Kier alpha value is -2.39. The highest BCUT2D eigenvalue weighted by atomic mass is 35.5. The smallest absolute Gasteiger partial charge is 0.215 e. The number of aromatic nitrogens is 2. The summed E-state index contributed by atoms with van der Waals surface area (Å²) in [4.78, 5) is 12.9. The molecule has 3 nitrogen and oxygen atoms in total. The standard InChI is InChI=1S/C19H17ClN2O/c1-3-22-12-17(15-6-4-5-13(2)11-15)19(23)18(21-22)14-7-9-16(20)10-8-14/h4-12H,3H2,1-2H3. The van der Waals surface area contributed by atoms with E-state index in [-0.39, 0.29) is 5.43 Å². The van der Waals surface area contributed by atoms with Crippen LogP contribution in [0.2, 0.25) is 5.02 Å². The molecule has 116 valence electrons. The minimum atomic E-state index is -0.0670. The van der Waals surface area contributed by atoms with E-state index in [1.165, 1.54) is 0 Å². The molecule has 3 rings (SSSR count). The third kappa shape index (κ3) is 3.20. The molecule has 0 atom stereocenters. The minimum Gasteiger partial charge on any atom is -0.287 e. The number of rotatable bonds is 3. The molecule has 1 aromatic heterocycles. The Morgan fingerprint density at radius 3 is 2.48 bits per heavy atom. The fourth-order valence-electron chi connectivity index (χ4n) is 2.51. The highest BCUT2D eigenvalue weighted by Gasteiger charge is 2.13. The van der Waals surface area contributed by atoms with E-state index in [0.29, 0.717) is 22.8 Å². The highest BCUT2D eigenvalue weighted by Crippen LogP contribution is 2.21. The maximum Gasteiger partial charge on any atom is 0.215 e. The maximum atomic E-state index is 12.9. The molecule has 1 heterocycles. The predicted molar refractivity (Wildman–Crippen MR) is 94.8 cm³/mol. The van der Waals surface area contributed by atoms with Crippen molar-refractivity contribution >= 4 is 11.6 Å². The number of hydrogen-bond acceptors (Lipinski definition) is 2. The van der Waals surface area contributed by atoms with Gasteiger partial charge in [-0.1, -0.05) is 53.6 Å². The second-order valence-electron chi connectivity index (χ2n) is 5.45. The maximum absolute atomic E-state index is 12.9. The second-order valence-corrected chi connectivity index (χ2v) is 5.89. The first-order valence-corrected chi connectivity index (χ1v) is 7.91. The lowest BCUT2D eigenvalue weighted by Gasteiger charge is -2.10. The van der Waals surface area contributed by atoms with E-state index in [1.807, 2.05) is 56.4 Å². The summed E-state index contributed by atoms with van der Waals surface area (Å²) in [6.45, 7) is 4.71. The average molecular weight is 325 g/mol. The van der Waals surface area contributed by atoms with Crippen LogP contribution in [0.15, 0.2) is 59.5 Å². The SMILES string of the molecule is CCn1cc(-c2cccc(C)c2)c(=O)c(-c2ccc(Cl)cc2)n1. The quantitative estimate of drug-likeness (QED) is 0.708. The van der Waals surface area contributed by atoms with Gasteiger partial charge in [0.05, 0.1) is 0 Å². The van der Waals surface area contributed by atoms with Crippen molar-refractivity contribution in [2.45, 2.75) is 20.4 Å². The van der Waals surface area contributed by atoms with Gasteiger partial charge in [0.2, 0.25) is 5.43 Å². The molecule has 0 spiro atoms. The molecule has 4 heteroatoms. The van der Waals surface area contributed by atoms with Gasteiger partial charge in [0.25, 0.3) is 0 Å². The normalized spacial score (nSPS) is 10.7. The van der Waals surface area contributed by atoms with Crippen LogP contribution in [0.3, 0.4) is 0 Å². The average Bonchev–Trinajstić information content (AvgIpc) is 2.56. The fourth-order valence-corrected chi connectivity index (χ4v) is 2.64. The first-order chi connectivity index (χ1) is 11.1. The Morgan fingerprint density at radius 2 is 1.83 bits per heavy atom. The highest BCUT2D eigenvalue weighted by molar-refractivity contribution is 6.30. The Bertz CT molecular complexity index is 898. The van der Waals surface area contributed by atoms with Crippen molar-refractivity contribution in [2.75, 3.05) is 0 Å². The van der Waals surface area contributed by atoms with Crippen LogP contribution in [0.1, 0.15) is 12.5 Å². The molecule has 3 aromatic rings. The van der Waals surface area contributed by atoms with Gasteiger partial charge in [-0.15, -0.1) is 0 Å². The molecule has 2 aromatic carbocycles. The topological polar surface area (TPSA) is 34.9 Å². The zero-order chi connectivity index (χ0) is 16.4. The van der Waals surface area contributed by atoms with Crippen molar-refractivity contribution in [3.05, 3.63) is 75.5 Å². The van der Waals surface area contributed by atoms with E-state index in [9.17, 15) is 4.79 Å². The summed E-state index contributed by atoms with van der Waals surface area (Å²) >= 11 is 5.94. The lowest BCUT2D eigenvalue weighted by molar-refractivity contribution is 0.642. The number of benzene rings is 2. The predicted octanol–water partition coefficient (Wildman–Crippen LogP) is 4.56. The van der Waals surface area contributed by atoms with Gasteiger partial charge in [-0.05, 0) is 31.5 Å². The molecule has 0 radical (unpaired) electrons. The minimum absolute atomic E-state index is 0.0670. The summed E-state index contributed by atoms with van der Waals surface area (Å²) in [5.41, 5.74) is 3.85. The Balaban J connectivity index is 2.24. The lowest BCUT2D eigenvalue weighted by Crippen LogP contribution is -2.16. The zero-order valence-corrected chi connectivity index (χ0v) is 13.8. The van der Waals surface area contributed by atoms with Gasteiger partial charge in [-0.25, -0.2) is 0 Å². The molecule has 0 N–H and O–H groups in total. The fraction of sp³-hybridized carbons (Fsp3) is 0.158. The van der Waals surface area contributed by atoms with Gasteiger partial charge in [-0.2, -0.15) is 5.10 Å². The van der Waals surface area contributed by atoms with Crippen LogP contribution in [0.25, 0.3) is 22.4 Å². The molecular weight excluding hydrogens is 308 g/mol. The monoisotopic (exact) mass is 324 g/mol. The molecule has 0 unspecified atom stereocenters. The van der Waals surface area contributed by atoms with Crippen molar-refractivity contribution in [3.8, 4) is 22.4 Å². The Kier molecular flexibility index (Phi) is 4.30. The van der Waals surface area contributed by atoms with Crippen molar-refractivity contribution in [2.24, 2.45) is 0 Å². The van der Waals surface area contributed by atoms with Crippen molar-refractivity contribution in [3.63, 3.8) is 0 Å². The third-order valence-corrected chi connectivity index (χ3v) is 3.99. The van der Waals surface area contributed by atoms with Gasteiger partial charge in [0, 0.05) is 28.9 Å². The molecule has 0 fully saturated rings. The van der Waals surface area contributed by atoms with E-state index in [4.69, 9.17) is 11.6 Å². The van der Waals surface area contributed by atoms with Gasteiger partial charge in [0.1, 0.15) is 5.69 Å². The zero-order valence-electron chi connectivity index (χ0n) is 13.1. The van der Waals surface area contributed by atoms with E-state index in [2.05, 4.69) is 5.10 Å². The van der Waals surface area contributed by atoms with E-state index in [1.54, 1.807) is 16.8 Å². The van der Waals surface area contributed by atoms with Crippen molar-refractivity contribution in [1.82, 2.24) is 9.78 Å². The van der Waals surface area contributed by atoms with Gasteiger partial charge < -0.3 is 0 Å². The molecule has 0 aliphatic carbocycles. The first kappa shape index (κ1) is 15.5. The van der Waals surface area contributed by atoms with Crippen LogP contribution in [0, 0.1) is 6.92 Å². The molecule has 0 bridgehead atoms. The lowest BCUT2D eigenvalue weighted by atomic mass is 10.0. The molecule has 0 aliphatic rings. The van der Waals surface area contributed by atoms with Crippen molar-refractivity contribution in [1.29, 1.82) is 0 Å². The largest absolute Gasteiger partial charge is 0.287 e. The Labute approximate surface area is 140 Å². The van der Waals surface area contributed by atoms with E-state index in [0.717, 1.165) is 16.7 Å². The number of halogens is 1. The van der Waals surface area contributed by atoms with Gasteiger partial charge in [-0.3, -0.25) is 9.48 Å². The second kappa shape index (κ2) is 6.39. The number of nitrogens with zero attached hydrogens (tertiary/aromatic N) is 2. The summed E-state index contributed by atoms with van der Waals surface area (Å²) in [5, 5.41) is 5.10. The summed E-state index contributed by atoms with van der Waals surface area (Å²) in [6.07, 6.45) is 1.82. The molecule has 23 heavy (non-hydrogen) atoms. The molecule has 0 saturated heterocycles. The van der Waals surface area contributed by atoms with Crippen LogP contribution in [0.5, 0.6) is 0 Å². The van der Waals surface area contributed by atoms with Crippen LogP contribution in [-0.4, -0.2) is 9.78 Å². The molecule has 0 amide bonds. The summed E-state index contributed by atoms with van der Waals surface area (Å²) < 4.78 is 1.79. The van der Waals surface area contributed by atoms with E-state index < -0.39 is 0 Å². The third-order valence-electron chi connectivity index (χ3n) is 3.74. The first-order valence-electron chi connectivity index (χ1n) is 7.53. The van der Waals surface area contributed by atoms with Crippen LogP contribution in [0.4, 0.5) is 0 Å². The number of aryl methyl sites for hydroxylation is 2. The van der Waals surface area contributed by atoms with Crippen LogP contribution >= 0.6 is 11.6 Å². The number of hydrogen-bond donors (Lipinski definition) is 0. The molecule has 0 saturated carbocycles. The van der Waals surface area contributed by atoms with Crippen LogP contribution < -0.4 is 5.43 Å².